The van der Waals surface area contributed by atoms with Crippen molar-refractivity contribution in [1.82, 2.24) is 36.0 Å². The first kappa shape index (κ1) is 61.1. The van der Waals surface area contributed by atoms with Crippen LogP contribution in [0.3, 0.4) is 0 Å². The van der Waals surface area contributed by atoms with Gasteiger partial charge in [0, 0.05) is 70.0 Å². The highest BCUT2D eigenvalue weighted by atomic mass is 19.4. The van der Waals surface area contributed by atoms with Crippen molar-refractivity contribution in [3.63, 3.8) is 0 Å². The van der Waals surface area contributed by atoms with Crippen LogP contribution in [0.25, 0.3) is 10.4 Å². The van der Waals surface area contributed by atoms with Gasteiger partial charge in [-0.3, -0.25) is 48.3 Å². The fourth-order valence-corrected chi connectivity index (χ4v) is 7.92. The zero-order valence-corrected chi connectivity index (χ0v) is 40.2. The molecular formula is C46H71F3N10O12. The quantitative estimate of drug-likeness (QED) is 0.0222. The third kappa shape index (κ3) is 29.0. The van der Waals surface area contributed by atoms with Crippen LogP contribution in [0, 0.1) is 5.92 Å². The standard InChI is InChI=1S/C46H71F3N10O12/c47-46(48,49)35-16-14-33(15-17-35)9-8-13-38(60)51-20-6-3-11-37(45(70)71)55-39(61)12-2-1-5-21-52-44(69)36(10-4-7-22-53-56-50)54-40(62)30-57-23-18-34(29-41(63)64)19-24-58(31-42(65)66)26-28-59(27-25-57)32-43(67)68/h14-17,34,36-37H,1-13,18-32H2,(H,51,60)(H,52,69)(H,54,62)(H,55,61)(H,63,64)(H,65,66)(H,67,68)(H,70,71)/t34?,36-,37-/m0/s1. The van der Waals surface area contributed by atoms with Crippen molar-refractivity contribution in [3.05, 3.63) is 45.8 Å². The number of unbranched alkanes of at least 4 members (excludes halogenated alkanes) is 4. The Morgan fingerprint density at radius 1 is 0.634 bits per heavy atom. The number of benzene rings is 1. The molecule has 2 rings (SSSR count). The molecule has 1 aromatic carbocycles. The predicted molar refractivity (Wildman–Crippen MR) is 252 cm³/mol. The Balaban J connectivity index is 1.83. The SMILES string of the molecule is [N-]=[N+]=NCCCC[C@H](NC(=O)CN1CCC(CC(=O)O)CCN(CC(=O)O)CCN(CC(=O)O)CC1)C(=O)NCCCCCC(=O)N[C@@H](CCCCNC(=O)CCCc1ccc(C(F)(F)F)cc1)C(=O)O. The molecule has 25 heteroatoms. The maximum atomic E-state index is 13.5. The minimum absolute atomic E-state index is 0.0366. The lowest BCUT2D eigenvalue weighted by Gasteiger charge is -2.32. The number of aryl methyl sites for hydroxylation is 1. The van der Waals surface area contributed by atoms with Crippen molar-refractivity contribution in [2.24, 2.45) is 11.0 Å². The zero-order chi connectivity index (χ0) is 52.6. The van der Waals surface area contributed by atoms with E-state index >= 15 is 0 Å². The summed E-state index contributed by atoms with van der Waals surface area (Å²) in [7, 11) is 0. The highest BCUT2D eigenvalue weighted by Gasteiger charge is 2.30. The highest BCUT2D eigenvalue weighted by molar-refractivity contribution is 5.88. The van der Waals surface area contributed by atoms with Gasteiger partial charge in [0.05, 0.1) is 25.2 Å². The average molecular weight is 1010 g/mol. The Bertz CT molecular complexity index is 1870. The summed E-state index contributed by atoms with van der Waals surface area (Å²) in [6.45, 7) is 1.34. The van der Waals surface area contributed by atoms with Crippen molar-refractivity contribution in [2.75, 3.05) is 78.5 Å². The number of carbonyl (C=O) groups is 8. The minimum atomic E-state index is -4.42. The number of azide groups is 1. The smallest absolute Gasteiger partial charge is 0.416 e. The molecule has 1 saturated heterocycles. The lowest BCUT2D eigenvalue weighted by molar-refractivity contribution is -0.142. The summed E-state index contributed by atoms with van der Waals surface area (Å²) in [5.74, 6) is -6.36. The molecule has 0 bridgehead atoms. The number of nitrogens with one attached hydrogen (secondary N) is 4. The molecule has 22 nitrogen and oxygen atoms in total. The third-order valence-corrected chi connectivity index (χ3v) is 11.8. The van der Waals surface area contributed by atoms with Crippen LogP contribution in [0.15, 0.2) is 29.4 Å². The molecule has 1 unspecified atom stereocenters. The number of aliphatic carboxylic acids is 4. The predicted octanol–water partition coefficient (Wildman–Crippen LogP) is 3.49. The highest BCUT2D eigenvalue weighted by Crippen LogP contribution is 2.29. The van der Waals surface area contributed by atoms with Gasteiger partial charge in [-0.15, -0.1) is 0 Å². The summed E-state index contributed by atoms with van der Waals surface area (Å²) in [5.41, 5.74) is 8.58. The van der Waals surface area contributed by atoms with Crippen LogP contribution in [0.2, 0.25) is 0 Å². The Kier molecular flexibility index (Phi) is 29.5. The minimum Gasteiger partial charge on any atom is -0.481 e. The van der Waals surface area contributed by atoms with Crippen molar-refractivity contribution in [2.45, 2.75) is 121 Å². The van der Waals surface area contributed by atoms with Gasteiger partial charge in [0.1, 0.15) is 12.1 Å². The van der Waals surface area contributed by atoms with Gasteiger partial charge >= 0.3 is 30.1 Å². The van der Waals surface area contributed by atoms with Gasteiger partial charge in [0.15, 0.2) is 0 Å². The number of nitrogens with zero attached hydrogens (tertiary/aromatic N) is 6. The largest absolute Gasteiger partial charge is 0.481 e. The summed E-state index contributed by atoms with van der Waals surface area (Å²) in [4.78, 5) is 106. The molecule has 1 aliphatic heterocycles. The number of halogens is 3. The van der Waals surface area contributed by atoms with E-state index in [1.807, 2.05) is 0 Å². The summed E-state index contributed by atoms with van der Waals surface area (Å²) in [6.07, 6.45) is 0.678. The van der Waals surface area contributed by atoms with E-state index in [0.29, 0.717) is 76.2 Å². The second kappa shape index (κ2) is 34.3. The van der Waals surface area contributed by atoms with E-state index in [9.17, 15) is 72.0 Å². The van der Waals surface area contributed by atoms with Crippen LogP contribution in [-0.4, -0.2) is 173 Å². The Labute approximate surface area is 411 Å². The average Bonchev–Trinajstić information content (AvgIpc) is 3.29. The first-order valence-electron chi connectivity index (χ1n) is 24.1. The van der Waals surface area contributed by atoms with Gasteiger partial charge in [-0.25, -0.2) is 4.79 Å². The Morgan fingerprint density at radius 2 is 1.17 bits per heavy atom. The molecule has 3 atom stereocenters. The van der Waals surface area contributed by atoms with Gasteiger partial charge in [-0.2, -0.15) is 13.2 Å². The fraction of sp³-hybridized carbons (Fsp3) is 0.696. The van der Waals surface area contributed by atoms with E-state index in [4.69, 9.17) is 5.53 Å². The molecule has 8 N–H and O–H groups in total. The third-order valence-electron chi connectivity index (χ3n) is 11.8. The second-order valence-electron chi connectivity index (χ2n) is 17.7. The number of carboxylic acid groups (broad SMARTS) is 4. The number of carboxylic acids is 4. The summed E-state index contributed by atoms with van der Waals surface area (Å²) < 4.78 is 38.3. The fourth-order valence-electron chi connectivity index (χ4n) is 7.92. The summed E-state index contributed by atoms with van der Waals surface area (Å²) in [5, 5.41) is 52.5. The number of hydrogen-bond donors (Lipinski definition) is 8. The van der Waals surface area contributed by atoms with Crippen molar-refractivity contribution < 1.29 is 72.0 Å². The monoisotopic (exact) mass is 1010 g/mol. The van der Waals surface area contributed by atoms with Crippen molar-refractivity contribution in [3.8, 4) is 0 Å². The van der Waals surface area contributed by atoms with E-state index in [-0.39, 0.29) is 122 Å². The van der Waals surface area contributed by atoms with E-state index in [0.717, 1.165) is 12.1 Å². The molecule has 0 radical (unpaired) electrons. The number of alkyl halides is 3. The number of carbonyl (C=O) groups excluding carboxylic acids is 4. The molecule has 71 heavy (non-hydrogen) atoms. The molecule has 0 aromatic heterocycles. The van der Waals surface area contributed by atoms with Crippen LogP contribution < -0.4 is 21.3 Å². The van der Waals surface area contributed by atoms with Gasteiger partial charge in [0.2, 0.25) is 23.6 Å². The maximum Gasteiger partial charge on any atom is 0.416 e. The van der Waals surface area contributed by atoms with E-state index < -0.39 is 65.4 Å². The lowest BCUT2D eigenvalue weighted by atomic mass is 9.96. The normalized spacial score (nSPS) is 16.2. The second-order valence-corrected chi connectivity index (χ2v) is 17.7. The first-order valence-corrected chi connectivity index (χ1v) is 24.1. The van der Waals surface area contributed by atoms with Crippen LogP contribution in [0.4, 0.5) is 13.2 Å². The Morgan fingerprint density at radius 3 is 1.75 bits per heavy atom. The molecule has 398 valence electrons. The molecule has 0 saturated carbocycles. The van der Waals surface area contributed by atoms with E-state index in [1.165, 1.54) is 12.1 Å². The topological polar surface area (TPSA) is 324 Å². The molecule has 1 fully saturated rings. The molecular weight excluding hydrogens is 942 g/mol. The van der Waals surface area contributed by atoms with Crippen LogP contribution in [-0.2, 0) is 51.0 Å². The Hall–Kier alpha value is -6.04. The summed E-state index contributed by atoms with van der Waals surface area (Å²) in [6, 6.07) is 2.67. The zero-order valence-electron chi connectivity index (χ0n) is 40.2. The molecule has 0 spiro atoms. The van der Waals surface area contributed by atoms with E-state index in [2.05, 4.69) is 31.3 Å². The maximum absolute atomic E-state index is 13.5. The van der Waals surface area contributed by atoms with Crippen LogP contribution in [0.5, 0.6) is 0 Å². The van der Waals surface area contributed by atoms with Gasteiger partial charge in [0.25, 0.3) is 0 Å². The molecule has 4 amide bonds. The first-order chi connectivity index (χ1) is 33.7. The van der Waals surface area contributed by atoms with Gasteiger partial charge < -0.3 is 41.7 Å². The summed E-state index contributed by atoms with van der Waals surface area (Å²) >= 11 is 0. The molecule has 1 aliphatic rings. The lowest BCUT2D eigenvalue weighted by Crippen LogP contribution is -2.51. The van der Waals surface area contributed by atoms with E-state index in [1.54, 1.807) is 14.7 Å². The molecule has 1 heterocycles. The van der Waals surface area contributed by atoms with Crippen molar-refractivity contribution >= 4 is 47.5 Å². The molecule has 1 aromatic rings. The van der Waals surface area contributed by atoms with Crippen LogP contribution >= 0.6 is 0 Å². The molecule has 0 aliphatic carbocycles. The number of rotatable bonds is 32. The number of hydrogen-bond acceptors (Lipinski definition) is 12. The van der Waals surface area contributed by atoms with Gasteiger partial charge in [-0.1, -0.05) is 30.1 Å². The van der Waals surface area contributed by atoms with Gasteiger partial charge in [-0.05, 0) is 113 Å². The van der Waals surface area contributed by atoms with Crippen molar-refractivity contribution in [1.29, 1.82) is 0 Å². The van der Waals surface area contributed by atoms with Crippen LogP contribution in [0.1, 0.15) is 107 Å². The number of amides is 4.